The zero-order chi connectivity index (χ0) is 17.5. The summed E-state index contributed by atoms with van der Waals surface area (Å²) >= 11 is 11.6. The maximum atomic E-state index is 13.2. The highest BCUT2D eigenvalue weighted by Crippen LogP contribution is 2.39. The van der Waals surface area contributed by atoms with Gasteiger partial charge in [0.1, 0.15) is 0 Å². The summed E-state index contributed by atoms with van der Waals surface area (Å²) in [6, 6.07) is 15.6. The number of nitrogens with zero attached hydrogens (tertiary/aromatic N) is 2. The lowest BCUT2D eigenvalue weighted by Crippen LogP contribution is -2.50. The molecule has 6 heteroatoms. The molecule has 0 aromatic heterocycles. The lowest BCUT2D eigenvalue weighted by atomic mass is 10.00. The average Bonchev–Trinajstić information content (AvgIpc) is 2.75. The molecule has 0 unspecified atom stereocenters. The van der Waals surface area contributed by atoms with Gasteiger partial charge in [-0.1, -0.05) is 41.9 Å². The van der Waals surface area contributed by atoms with Crippen molar-refractivity contribution in [3.05, 3.63) is 65.2 Å². The van der Waals surface area contributed by atoms with E-state index in [1.165, 1.54) is 4.90 Å². The van der Waals surface area contributed by atoms with E-state index in [4.69, 9.17) is 23.8 Å². The second-order valence-corrected chi connectivity index (χ2v) is 6.71. The van der Waals surface area contributed by atoms with Crippen LogP contribution in [-0.4, -0.2) is 27.1 Å². The molecule has 0 bridgehead atoms. The SMILES string of the molecule is CC(C)N1C(=S)N(c2ccccc2)C(=O)[C@]1(O)c1cccc(Cl)c1. The minimum atomic E-state index is -1.88. The summed E-state index contributed by atoms with van der Waals surface area (Å²) < 4.78 is 0. The first-order valence-corrected chi connectivity index (χ1v) is 8.37. The fraction of sp³-hybridized carbons (Fsp3) is 0.222. The number of amides is 1. The summed E-state index contributed by atoms with van der Waals surface area (Å²) in [5, 5.41) is 12.1. The largest absolute Gasteiger partial charge is 0.359 e. The number of rotatable bonds is 3. The van der Waals surface area contributed by atoms with E-state index in [1.54, 1.807) is 41.3 Å². The second kappa shape index (κ2) is 6.16. The molecule has 1 fully saturated rings. The van der Waals surface area contributed by atoms with Crippen molar-refractivity contribution in [3.63, 3.8) is 0 Å². The standard InChI is InChI=1S/C18H17ClN2O2S/c1-12(2)21-17(24)20(15-9-4-3-5-10-15)16(22)18(21,23)13-7-6-8-14(19)11-13/h3-12,23H,1-2H3/t18-/m1/s1. The number of hydrogen-bond donors (Lipinski definition) is 1. The Hall–Kier alpha value is -1.95. The zero-order valence-electron chi connectivity index (χ0n) is 13.3. The van der Waals surface area contributed by atoms with Crippen LogP contribution in [0.1, 0.15) is 19.4 Å². The molecule has 2 aromatic carbocycles. The molecule has 0 aliphatic carbocycles. The molecule has 1 amide bonds. The van der Waals surface area contributed by atoms with Gasteiger partial charge in [0.05, 0.1) is 5.69 Å². The Morgan fingerprint density at radius 3 is 2.38 bits per heavy atom. The molecular formula is C18H17ClN2O2S. The summed E-state index contributed by atoms with van der Waals surface area (Å²) in [6.07, 6.45) is 0. The Morgan fingerprint density at radius 1 is 1.12 bits per heavy atom. The first-order chi connectivity index (χ1) is 11.4. The van der Waals surface area contributed by atoms with Crippen molar-refractivity contribution >= 4 is 40.5 Å². The first-order valence-electron chi connectivity index (χ1n) is 7.58. The molecule has 1 heterocycles. The Balaban J connectivity index is 2.17. The van der Waals surface area contributed by atoms with Crippen molar-refractivity contribution in [1.29, 1.82) is 0 Å². The van der Waals surface area contributed by atoms with Crippen LogP contribution in [0.4, 0.5) is 5.69 Å². The van der Waals surface area contributed by atoms with Crippen molar-refractivity contribution in [3.8, 4) is 0 Å². The fourth-order valence-electron chi connectivity index (χ4n) is 2.96. The number of halogens is 1. The van der Waals surface area contributed by atoms with Crippen molar-refractivity contribution in [2.75, 3.05) is 4.90 Å². The van der Waals surface area contributed by atoms with Gasteiger partial charge in [0.15, 0.2) is 5.11 Å². The van der Waals surface area contributed by atoms with Crippen molar-refractivity contribution < 1.29 is 9.90 Å². The van der Waals surface area contributed by atoms with E-state index in [1.807, 2.05) is 32.0 Å². The number of thiocarbonyl (C=S) groups is 1. The monoisotopic (exact) mass is 360 g/mol. The van der Waals surface area contributed by atoms with Crippen LogP contribution in [0.2, 0.25) is 5.02 Å². The van der Waals surface area contributed by atoms with E-state index in [0.717, 1.165) is 0 Å². The number of carbonyl (C=O) groups excluding carboxylic acids is 1. The van der Waals surface area contributed by atoms with Crippen LogP contribution in [-0.2, 0) is 10.5 Å². The smallest absolute Gasteiger partial charge is 0.291 e. The predicted octanol–water partition coefficient (Wildman–Crippen LogP) is 3.53. The highest BCUT2D eigenvalue weighted by Gasteiger charge is 2.57. The van der Waals surface area contributed by atoms with Crippen LogP contribution in [0.3, 0.4) is 0 Å². The van der Waals surface area contributed by atoms with Crippen LogP contribution in [0, 0.1) is 0 Å². The number of benzene rings is 2. The van der Waals surface area contributed by atoms with Gasteiger partial charge >= 0.3 is 0 Å². The lowest BCUT2D eigenvalue weighted by molar-refractivity contribution is -0.150. The molecule has 1 saturated heterocycles. The van der Waals surface area contributed by atoms with Gasteiger partial charge in [0.2, 0.25) is 5.72 Å². The Bertz CT molecular complexity index is 797. The third-order valence-corrected chi connectivity index (χ3v) is 4.62. The molecule has 1 aliphatic rings. The van der Waals surface area contributed by atoms with E-state index < -0.39 is 11.6 Å². The molecule has 1 atom stereocenters. The molecule has 0 saturated carbocycles. The minimum Gasteiger partial charge on any atom is -0.359 e. The Kier molecular flexibility index (Phi) is 4.34. The number of aliphatic hydroxyl groups is 1. The maximum absolute atomic E-state index is 13.2. The third-order valence-electron chi connectivity index (χ3n) is 4.01. The van der Waals surface area contributed by atoms with Gasteiger partial charge in [-0.15, -0.1) is 0 Å². The highest BCUT2D eigenvalue weighted by molar-refractivity contribution is 7.80. The molecule has 1 N–H and O–H groups in total. The topological polar surface area (TPSA) is 43.8 Å². The summed E-state index contributed by atoms with van der Waals surface area (Å²) in [4.78, 5) is 16.1. The Morgan fingerprint density at radius 2 is 1.79 bits per heavy atom. The number of anilines is 1. The molecule has 2 aromatic rings. The van der Waals surface area contributed by atoms with Crippen molar-refractivity contribution in [2.45, 2.75) is 25.6 Å². The third kappa shape index (κ3) is 2.49. The number of para-hydroxylation sites is 1. The summed E-state index contributed by atoms with van der Waals surface area (Å²) in [6.45, 7) is 3.76. The van der Waals surface area contributed by atoms with Crippen LogP contribution in [0.5, 0.6) is 0 Å². The van der Waals surface area contributed by atoms with Gasteiger partial charge in [-0.3, -0.25) is 9.69 Å². The minimum absolute atomic E-state index is 0.181. The second-order valence-electron chi connectivity index (χ2n) is 5.90. The van der Waals surface area contributed by atoms with E-state index in [0.29, 0.717) is 16.3 Å². The quantitative estimate of drug-likeness (QED) is 0.850. The van der Waals surface area contributed by atoms with Gasteiger partial charge in [0.25, 0.3) is 5.91 Å². The molecule has 24 heavy (non-hydrogen) atoms. The van der Waals surface area contributed by atoms with E-state index in [9.17, 15) is 9.90 Å². The normalized spacial score (nSPS) is 21.0. The van der Waals surface area contributed by atoms with Gasteiger partial charge in [-0.05, 0) is 50.3 Å². The maximum Gasteiger partial charge on any atom is 0.291 e. The highest BCUT2D eigenvalue weighted by atomic mass is 35.5. The molecular weight excluding hydrogens is 344 g/mol. The predicted molar refractivity (Wildman–Crippen MR) is 98.8 cm³/mol. The van der Waals surface area contributed by atoms with Crippen molar-refractivity contribution in [2.24, 2.45) is 0 Å². The average molecular weight is 361 g/mol. The van der Waals surface area contributed by atoms with Crippen LogP contribution >= 0.6 is 23.8 Å². The zero-order valence-corrected chi connectivity index (χ0v) is 14.9. The molecule has 3 rings (SSSR count). The molecule has 0 radical (unpaired) electrons. The molecule has 124 valence electrons. The van der Waals surface area contributed by atoms with E-state index in [2.05, 4.69) is 0 Å². The first kappa shape index (κ1) is 16.9. The summed E-state index contributed by atoms with van der Waals surface area (Å²) in [5.74, 6) is -0.505. The number of hydrogen-bond acceptors (Lipinski definition) is 3. The molecule has 1 aliphatic heterocycles. The van der Waals surface area contributed by atoms with Crippen LogP contribution < -0.4 is 4.90 Å². The fourth-order valence-corrected chi connectivity index (χ4v) is 3.68. The van der Waals surface area contributed by atoms with E-state index >= 15 is 0 Å². The summed E-state index contributed by atoms with van der Waals surface area (Å²) in [5.41, 5.74) is -0.864. The number of carbonyl (C=O) groups is 1. The van der Waals surface area contributed by atoms with Gasteiger partial charge in [-0.2, -0.15) is 0 Å². The summed E-state index contributed by atoms with van der Waals surface area (Å²) in [7, 11) is 0. The lowest BCUT2D eigenvalue weighted by Gasteiger charge is -2.34. The Labute approximate surface area is 151 Å². The van der Waals surface area contributed by atoms with Gasteiger partial charge < -0.3 is 10.0 Å². The van der Waals surface area contributed by atoms with Gasteiger partial charge in [-0.25, -0.2) is 0 Å². The molecule has 0 spiro atoms. The van der Waals surface area contributed by atoms with Crippen LogP contribution in [0.25, 0.3) is 0 Å². The van der Waals surface area contributed by atoms with Crippen molar-refractivity contribution in [1.82, 2.24) is 4.90 Å². The molecule has 4 nitrogen and oxygen atoms in total. The van der Waals surface area contributed by atoms with Crippen LogP contribution in [0.15, 0.2) is 54.6 Å². The van der Waals surface area contributed by atoms with Gasteiger partial charge in [0, 0.05) is 16.6 Å². The van der Waals surface area contributed by atoms with E-state index in [-0.39, 0.29) is 11.2 Å².